The van der Waals surface area contributed by atoms with Crippen LogP contribution in [0.25, 0.3) is 0 Å². The Labute approximate surface area is 153 Å². The zero-order valence-electron chi connectivity index (χ0n) is 13.3. The maximum absolute atomic E-state index is 13.1. The molecule has 3 aromatic rings. The summed E-state index contributed by atoms with van der Waals surface area (Å²) in [6.07, 6.45) is 1.48. The van der Waals surface area contributed by atoms with Crippen LogP contribution in [0, 0.1) is 0 Å². The molecule has 0 N–H and O–H groups in total. The Balaban J connectivity index is 2.02. The lowest BCUT2D eigenvalue weighted by molar-refractivity contribution is -0.0504. The zero-order valence-corrected chi connectivity index (χ0v) is 15.0. The highest BCUT2D eigenvalue weighted by Crippen LogP contribution is 2.30. The predicted molar refractivity (Wildman–Crippen MR) is 95.0 cm³/mol. The van der Waals surface area contributed by atoms with E-state index in [1.807, 2.05) is 0 Å². The minimum absolute atomic E-state index is 0.0766. The number of halogens is 2. The monoisotopic (exact) mass is 396 g/mol. The Kier molecular flexibility index (Phi) is 5.48. The number of thiazole rings is 1. The lowest BCUT2D eigenvalue weighted by Gasteiger charge is -2.23. The van der Waals surface area contributed by atoms with Crippen LogP contribution in [-0.4, -0.2) is 20.0 Å². The minimum atomic E-state index is -3.93. The van der Waals surface area contributed by atoms with Gasteiger partial charge in [0.1, 0.15) is 5.75 Å². The van der Waals surface area contributed by atoms with Gasteiger partial charge in [0.25, 0.3) is 10.0 Å². The minimum Gasteiger partial charge on any atom is -0.434 e. The highest BCUT2D eigenvalue weighted by Gasteiger charge is 2.28. The number of alkyl halides is 2. The number of ether oxygens (including phenoxy) is 1. The van der Waals surface area contributed by atoms with Gasteiger partial charge < -0.3 is 4.74 Å². The molecule has 3 rings (SSSR count). The quantitative estimate of drug-likeness (QED) is 0.602. The van der Waals surface area contributed by atoms with Gasteiger partial charge in [-0.2, -0.15) is 8.78 Å². The average Bonchev–Trinajstić information content (AvgIpc) is 3.15. The fourth-order valence-electron chi connectivity index (χ4n) is 2.31. The van der Waals surface area contributed by atoms with Crippen molar-refractivity contribution in [3.8, 4) is 5.75 Å². The van der Waals surface area contributed by atoms with Crippen LogP contribution in [0.2, 0.25) is 0 Å². The molecule has 26 heavy (non-hydrogen) atoms. The number of anilines is 1. The van der Waals surface area contributed by atoms with Crippen LogP contribution in [0.3, 0.4) is 0 Å². The Bertz CT molecular complexity index is 949. The molecule has 1 aromatic heterocycles. The smallest absolute Gasteiger partial charge is 0.387 e. The van der Waals surface area contributed by atoms with E-state index in [2.05, 4.69) is 9.72 Å². The zero-order chi connectivity index (χ0) is 18.6. The summed E-state index contributed by atoms with van der Waals surface area (Å²) in [7, 11) is -3.93. The molecule has 2 aromatic carbocycles. The summed E-state index contributed by atoms with van der Waals surface area (Å²) in [5.41, 5.74) is 0.308. The second-order valence-corrected chi connectivity index (χ2v) is 7.86. The van der Waals surface area contributed by atoms with Crippen molar-refractivity contribution in [3.63, 3.8) is 0 Å². The van der Waals surface area contributed by atoms with E-state index in [4.69, 9.17) is 0 Å². The summed E-state index contributed by atoms with van der Waals surface area (Å²) in [5.74, 6) is -0.0766. The maximum Gasteiger partial charge on any atom is 0.387 e. The summed E-state index contributed by atoms with van der Waals surface area (Å²) in [6, 6.07) is 14.0. The van der Waals surface area contributed by atoms with E-state index >= 15 is 0 Å². The molecule has 5 nitrogen and oxygen atoms in total. The molecule has 1 heterocycles. The lowest BCUT2D eigenvalue weighted by atomic mass is 10.2. The predicted octanol–water partition coefficient (Wildman–Crippen LogP) is 4.14. The van der Waals surface area contributed by atoms with Crippen LogP contribution in [0.5, 0.6) is 5.75 Å². The van der Waals surface area contributed by atoms with Gasteiger partial charge in [-0.15, -0.1) is 11.3 Å². The molecular formula is C17H14F2N2O3S2. The van der Waals surface area contributed by atoms with E-state index in [1.165, 1.54) is 24.4 Å². The maximum atomic E-state index is 13.1. The molecule has 0 spiro atoms. The van der Waals surface area contributed by atoms with Gasteiger partial charge in [0.2, 0.25) is 0 Å². The van der Waals surface area contributed by atoms with Gasteiger partial charge >= 0.3 is 6.61 Å². The van der Waals surface area contributed by atoms with Crippen molar-refractivity contribution in [3.05, 3.63) is 71.7 Å². The molecular weight excluding hydrogens is 382 g/mol. The van der Waals surface area contributed by atoms with Gasteiger partial charge in [-0.1, -0.05) is 36.4 Å². The van der Waals surface area contributed by atoms with Crippen molar-refractivity contribution >= 4 is 26.5 Å². The fourth-order valence-corrected chi connectivity index (χ4v) is 4.60. The highest BCUT2D eigenvalue weighted by atomic mass is 32.2. The first-order chi connectivity index (χ1) is 12.5. The Morgan fingerprint density at radius 3 is 2.42 bits per heavy atom. The van der Waals surface area contributed by atoms with Crippen molar-refractivity contribution in [1.82, 2.24) is 4.98 Å². The molecule has 0 aliphatic rings. The normalized spacial score (nSPS) is 11.5. The van der Waals surface area contributed by atoms with Gasteiger partial charge in [0, 0.05) is 17.1 Å². The number of benzene rings is 2. The second-order valence-electron chi connectivity index (χ2n) is 5.13. The van der Waals surface area contributed by atoms with E-state index in [-0.39, 0.29) is 22.3 Å². The first kappa shape index (κ1) is 18.3. The third-order valence-electron chi connectivity index (χ3n) is 3.47. The summed E-state index contributed by atoms with van der Waals surface area (Å²) in [5, 5.41) is 1.88. The summed E-state index contributed by atoms with van der Waals surface area (Å²) in [6.45, 7) is -3.19. The first-order valence-corrected chi connectivity index (χ1v) is 9.80. The summed E-state index contributed by atoms with van der Waals surface area (Å²) >= 11 is 1.14. The van der Waals surface area contributed by atoms with Crippen molar-refractivity contribution in [1.29, 1.82) is 0 Å². The van der Waals surface area contributed by atoms with Crippen molar-refractivity contribution in [2.45, 2.75) is 18.1 Å². The molecule has 0 aliphatic carbocycles. The molecule has 0 saturated heterocycles. The van der Waals surface area contributed by atoms with Gasteiger partial charge in [0.15, 0.2) is 5.13 Å². The Morgan fingerprint density at radius 1 is 1.08 bits per heavy atom. The van der Waals surface area contributed by atoms with Crippen LogP contribution in [0.15, 0.2) is 71.1 Å². The number of hydrogen-bond acceptors (Lipinski definition) is 5. The fraction of sp³-hybridized carbons (Fsp3) is 0.118. The number of para-hydroxylation sites is 1. The van der Waals surface area contributed by atoms with Crippen molar-refractivity contribution < 1.29 is 21.9 Å². The van der Waals surface area contributed by atoms with Crippen LogP contribution in [-0.2, 0) is 16.6 Å². The topological polar surface area (TPSA) is 59.5 Å². The third kappa shape index (κ3) is 4.00. The molecule has 0 saturated carbocycles. The molecule has 0 bridgehead atoms. The van der Waals surface area contributed by atoms with E-state index in [1.54, 1.807) is 41.8 Å². The summed E-state index contributed by atoms with van der Waals surface area (Å²) in [4.78, 5) is 4.16. The molecule has 0 atom stereocenters. The lowest BCUT2D eigenvalue weighted by Crippen LogP contribution is -2.30. The van der Waals surface area contributed by atoms with Gasteiger partial charge in [-0.25, -0.2) is 17.7 Å². The molecule has 0 radical (unpaired) electrons. The SMILES string of the molecule is O=S(=O)(c1ccccc1)N(Cc1ccccc1OC(F)F)c1nccs1. The Morgan fingerprint density at radius 2 is 1.77 bits per heavy atom. The average molecular weight is 396 g/mol. The first-order valence-electron chi connectivity index (χ1n) is 7.48. The molecule has 0 aliphatic heterocycles. The van der Waals surface area contributed by atoms with Crippen LogP contribution < -0.4 is 9.04 Å². The highest BCUT2D eigenvalue weighted by molar-refractivity contribution is 7.93. The van der Waals surface area contributed by atoms with Crippen molar-refractivity contribution in [2.24, 2.45) is 0 Å². The van der Waals surface area contributed by atoms with Gasteiger partial charge in [-0.05, 0) is 18.2 Å². The number of sulfonamides is 1. The third-order valence-corrected chi connectivity index (χ3v) is 6.13. The number of hydrogen-bond donors (Lipinski definition) is 0. The number of rotatable bonds is 7. The number of aromatic nitrogens is 1. The van der Waals surface area contributed by atoms with E-state index in [0.717, 1.165) is 15.6 Å². The molecule has 9 heteroatoms. The molecule has 0 amide bonds. The number of nitrogens with zero attached hydrogens (tertiary/aromatic N) is 2. The van der Waals surface area contributed by atoms with E-state index < -0.39 is 16.6 Å². The van der Waals surface area contributed by atoms with E-state index in [0.29, 0.717) is 5.56 Å². The van der Waals surface area contributed by atoms with Crippen LogP contribution in [0.1, 0.15) is 5.56 Å². The molecule has 0 fully saturated rings. The molecule has 0 unspecified atom stereocenters. The second kappa shape index (κ2) is 7.79. The standard InChI is InChI=1S/C17H14F2N2O3S2/c18-16(19)24-15-9-5-4-6-13(15)12-21(17-20-10-11-25-17)26(22,23)14-7-2-1-3-8-14/h1-11,16H,12H2. The molecule has 136 valence electrons. The largest absolute Gasteiger partial charge is 0.434 e. The van der Waals surface area contributed by atoms with Gasteiger partial charge in [-0.3, -0.25) is 0 Å². The van der Waals surface area contributed by atoms with Crippen LogP contribution in [0.4, 0.5) is 13.9 Å². The van der Waals surface area contributed by atoms with Crippen molar-refractivity contribution in [2.75, 3.05) is 4.31 Å². The van der Waals surface area contributed by atoms with E-state index in [9.17, 15) is 17.2 Å². The summed E-state index contributed by atoms with van der Waals surface area (Å²) < 4.78 is 57.0. The van der Waals surface area contributed by atoms with Gasteiger partial charge in [0.05, 0.1) is 11.4 Å². The van der Waals surface area contributed by atoms with Crippen LogP contribution >= 0.6 is 11.3 Å². The Hall–Kier alpha value is -2.52.